The number of anilines is 3. The van der Waals surface area contributed by atoms with Gasteiger partial charge in [0, 0.05) is 6.20 Å². The molecule has 0 aromatic carbocycles. The van der Waals surface area contributed by atoms with Crippen molar-refractivity contribution in [3.63, 3.8) is 0 Å². The molecule has 2 heterocycles. The molecule has 0 radical (unpaired) electrons. The summed E-state index contributed by atoms with van der Waals surface area (Å²) >= 11 is 0. The van der Waals surface area contributed by atoms with E-state index < -0.39 is 17.1 Å². The van der Waals surface area contributed by atoms with E-state index in [1.165, 1.54) is 0 Å². The number of rotatable bonds is 0. The summed E-state index contributed by atoms with van der Waals surface area (Å²) in [7, 11) is 0. The molecule has 0 fully saturated rings. The Morgan fingerprint density at radius 3 is 1.78 bits per heavy atom. The van der Waals surface area contributed by atoms with Gasteiger partial charge in [0.1, 0.15) is 0 Å². The molecule has 2 aromatic heterocycles. The second kappa shape index (κ2) is 5.38. The number of nitrogens with one attached hydrogen (secondary N) is 2. The van der Waals surface area contributed by atoms with Crippen LogP contribution in [-0.2, 0) is 0 Å². The summed E-state index contributed by atoms with van der Waals surface area (Å²) in [5.74, 6) is -0.866. The van der Waals surface area contributed by atoms with Gasteiger partial charge in [-0.3, -0.25) is 9.78 Å². The topological polar surface area (TPSA) is 182 Å². The second-order valence-corrected chi connectivity index (χ2v) is 2.83. The number of H-pyrrole nitrogens is 2. The van der Waals surface area contributed by atoms with Crippen LogP contribution in [0.25, 0.3) is 0 Å². The first kappa shape index (κ1) is 13.1. The van der Waals surface area contributed by atoms with Gasteiger partial charge in [-0.25, -0.2) is 4.79 Å². The number of hydrogen-bond donors (Lipinski definition) is 5. The molecule has 8 N–H and O–H groups in total. The Morgan fingerprint density at radius 1 is 1.00 bits per heavy atom. The molecular weight excluding hydrogens is 247 g/mol. The van der Waals surface area contributed by atoms with Gasteiger partial charge < -0.3 is 22.2 Å². The van der Waals surface area contributed by atoms with Crippen molar-refractivity contribution in [1.29, 1.82) is 0 Å². The third kappa shape index (κ3) is 3.88. The highest BCUT2D eigenvalue weighted by Gasteiger charge is 1.94. The summed E-state index contributed by atoms with van der Waals surface area (Å²) in [6.45, 7) is 0. The molecule has 0 atom stereocenters. The van der Waals surface area contributed by atoms with Gasteiger partial charge in [-0.2, -0.15) is 19.3 Å². The zero-order valence-electron chi connectivity index (χ0n) is 8.85. The van der Waals surface area contributed by atoms with E-state index in [9.17, 15) is 14.0 Å². The van der Waals surface area contributed by atoms with Crippen LogP contribution in [0.4, 0.5) is 22.2 Å². The Hall–Kier alpha value is -2.98. The molecule has 0 aliphatic rings. The van der Waals surface area contributed by atoms with Gasteiger partial charge in [0.25, 0.3) is 5.56 Å². The number of aromatic amines is 2. The lowest BCUT2D eigenvalue weighted by atomic mass is 10.6. The first-order chi connectivity index (χ1) is 8.38. The molecule has 0 bridgehead atoms. The van der Waals surface area contributed by atoms with Gasteiger partial charge in [0.05, 0.1) is 0 Å². The van der Waals surface area contributed by atoms with Crippen molar-refractivity contribution in [2.75, 3.05) is 17.2 Å². The fraction of sp³-hybridized carbons (Fsp3) is 0. The Labute approximate surface area is 98.1 Å². The van der Waals surface area contributed by atoms with Crippen LogP contribution in [0, 0.1) is 5.82 Å². The van der Waals surface area contributed by atoms with Crippen molar-refractivity contribution in [2.45, 2.75) is 0 Å². The van der Waals surface area contributed by atoms with Gasteiger partial charge in [-0.1, -0.05) is 0 Å². The molecule has 2 aromatic rings. The first-order valence-corrected chi connectivity index (χ1v) is 4.38. The Bertz CT molecular complexity index is 600. The van der Waals surface area contributed by atoms with Gasteiger partial charge in [0.15, 0.2) is 0 Å². The third-order valence-corrected chi connectivity index (χ3v) is 1.46. The maximum atomic E-state index is 12.0. The highest BCUT2D eigenvalue weighted by atomic mass is 19.1. The normalized spacial score (nSPS) is 9.39. The Balaban J connectivity index is 0.000000180. The zero-order valence-corrected chi connectivity index (χ0v) is 8.85. The largest absolute Gasteiger partial charge is 0.368 e. The monoisotopic (exact) mass is 256 g/mol. The molecular formula is C7H9FN8O2. The predicted molar refractivity (Wildman–Crippen MR) is 60.7 cm³/mol. The molecule has 18 heavy (non-hydrogen) atoms. The molecule has 0 spiro atoms. The average molecular weight is 256 g/mol. The van der Waals surface area contributed by atoms with Gasteiger partial charge in [-0.05, 0) is 0 Å². The lowest BCUT2D eigenvalue weighted by Crippen LogP contribution is -2.23. The third-order valence-electron chi connectivity index (χ3n) is 1.46. The predicted octanol–water partition coefficient (Wildman–Crippen LogP) is -2.18. The summed E-state index contributed by atoms with van der Waals surface area (Å²) in [6, 6.07) is 0. The maximum absolute atomic E-state index is 12.0. The van der Waals surface area contributed by atoms with Crippen LogP contribution < -0.4 is 28.5 Å². The van der Waals surface area contributed by atoms with E-state index in [2.05, 4.69) is 15.0 Å². The molecule has 0 aliphatic carbocycles. The van der Waals surface area contributed by atoms with Crippen LogP contribution in [0.3, 0.4) is 0 Å². The smallest absolute Gasteiger partial charge is 0.325 e. The molecule has 0 amide bonds. The lowest BCUT2D eigenvalue weighted by Gasteiger charge is -1.93. The summed E-state index contributed by atoms with van der Waals surface area (Å²) in [5, 5.41) is 0. The number of hydrogen-bond acceptors (Lipinski definition) is 8. The minimum atomic E-state index is -1.00. The molecule has 11 heteroatoms. The minimum absolute atomic E-state index is 0.0417. The quantitative estimate of drug-likeness (QED) is 0.352. The fourth-order valence-electron chi connectivity index (χ4n) is 0.820. The van der Waals surface area contributed by atoms with E-state index in [4.69, 9.17) is 17.2 Å². The maximum Gasteiger partial charge on any atom is 0.325 e. The van der Waals surface area contributed by atoms with Crippen molar-refractivity contribution in [3.05, 3.63) is 32.9 Å². The highest BCUT2D eigenvalue weighted by Crippen LogP contribution is 1.97. The van der Waals surface area contributed by atoms with Crippen LogP contribution >= 0.6 is 0 Å². The van der Waals surface area contributed by atoms with Crippen LogP contribution in [0.15, 0.2) is 15.8 Å². The molecule has 2 rings (SSSR count). The minimum Gasteiger partial charge on any atom is -0.368 e. The van der Waals surface area contributed by atoms with E-state index >= 15 is 0 Å². The number of nitrogens with zero attached hydrogens (tertiary/aromatic N) is 3. The Morgan fingerprint density at radius 2 is 1.44 bits per heavy atom. The summed E-state index contributed by atoms with van der Waals surface area (Å²) in [5.41, 5.74) is 13.7. The molecule has 0 aliphatic heterocycles. The number of nitrogen functional groups attached to an aromatic ring is 3. The van der Waals surface area contributed by atoms with Crippen molar-refractivity contribution in [2.24, 2.45) is 0 Å². The van der Waals surface area contributed by atoms with E-state index in [0.29, 0.717) is 6.20 Å². The van der Waals surface area contributed by atoms with E-state index in [1.54, 1.807) is 4.98 Å². The molecule has 0 saturated carbocycles. The van der Waals surface area contributed by atoms with E-state index in [0.717, 1.165) is 0 Å². The van der Waals surface area contributed by atoms with Crippen molar-refractivity contribution in [1.82, 2.24) is 24.9 Å². The SMILES string of the molecule is Nc1nc(N)nc(N)n1.O=c1[nH]cc(F)c(=O)[nH]1. The lowest BCUT2D eigenvalue weighted by molar-refractivity contribution is 0.597. The molecule has 96 valence electrons. The molecule has 0 unspecified atom stereocenters. The van der Waals surface area contributed by atoms with Crippen molar-refractivity contribution >= 4 is 17.8 Å². The number of aromatic nitrogens is 5. The van der Waals surface area contributed by atoms with Gasteiger partial charge >= 0.3 is 5.69 Å². The number of halogens is 1. The summed E-state index contributed by atoms with van der Waals surface area (Å²) < 4.78 is 12.0. The first-order valence-electron chi connectivity index (χ1n) is 4.38. The second-order valence-electron chi connectivity index (χ2n) is 2.83. The van der Waals surface area contributed by atoms with Crippen molar-refractivity contribution in [3.8, 4) is 0 Å². The summed E-state index contributed by atoms with van der Waals surface area (Å²) in [4.78, 5) is 34.5. The standard InChI is InChI=1S/C4H3FN2O2.C3H6N6/c5-2-1-6-4(9)7-3(2)8;4-1-7-2(5)9-3(6)8-1/h1H,(H2,6,7,8,9);(H6,4,5,6,7,8,9). The zero-order chi connectivity index (χ0) is 13.7. The highest BCUT2D eigenvalue weighted by molar-refractivity contribution is 5.33. The van der Waals surface area contributed by atoms with Crippen LogP contribution in [0.5, 0.6) is 0 Å². The van der Waals surface area contributed by atoms with E-state index in [-0.39, 0.29) is 17.8 Å². The van der Waals surface area contributed by atoms with Gasteiger partial charge in [-0.15, -0.1) is 0 Å². The van der Waals surface area contributed by atoms with Crippen LogP contribution in [-0.4, -0.2) is 24.9 Å². The Kier molecular flexibility index (Phi) is 3.91. The molecule has 0 saturated heterocycles. The fourth-order valence-corrected chi connectivity index (χ4v) is 0.820. The summed E-state index contributed by atoms with van der Waals surface area (Å²) in [6.07, 6.45) is 0.709. The van der Waals surface area contributed by atoms with Gasteiger partial charge in [0.2, 0.25) is 23.7 Å². The van der Waals surface area contributed by atoms with Crippen LogP contribution in [0.1, 0.15) is 0 Å². The average Bonchev–Trinajstić information content (AvgIpc) is 2.23. The van der Waals surface area contributed by atoms with E-state index in [1.807, 2.05) is 4.98 Å². The number of nitrogens with two attached hydrogens (primary N) is 3. The molecule has 10 nitrogen and oxygen atoms in total. The van der Waals surface area contributed by atoms with Crippen molar-refractivity contribution < 1.29 is 4.39 Å². The van der Waals surface area contributed by atoms with Crippen LogP contribution in [0.2, 0.25) is 0 Å².